The second-order valence-electron chi connectivity index (χ2n) is 14.5. The lowest BCUT2D eigenvalue weighted by atomic mass is 9.33. The molecule has 4 fully saturated rings. The Bertz CT molecular complexity index is 880. The van der Waals surface area contributed by atoms with Crippen LogP contribution in [-0.2, 0) is 4.79 Å². The van der Waals surface area contributed by atoms with Crippen LogP contribution >= 0.6 is 0 Å². The smallest absolute Gasteiger partial charge is 0.310 e. The molecule has 0 aromatic heterocycles. The number of rotatable bonds is 1. The van der Waals surface area contributed by atoms with Gasteiger partial charge in [-0.15, -0.1) is 0 Å². The van der Waals surface area contributed by atoms with Crippen LogP contribution in [0, 0.1) is 56.7 Å². The van der Waals surface area contributed by atoms with Gasteiger partial charge >= 0.3 is 5.97 Å². The maximum Gasteiger partial charge on any atom is 0.310 e. The predicted molar refractivity (Wildman–Crippen MR) is 135 cm³/mol. The van der Waals surface area contributed by atoms with E-state index in [0.29, 0.717) is 23.7 Å². The summed E-state index contributed by atoms with van der Waals surface area (Å²) in [5.41, 5.74) is 1.46. The minimum absolute atomic E-state index is 0. The van der Waals surface area contributed by atoms with Gasteiger partial charge in [0.2, 0.25) is 0 Å². The minimum atomic E-state index is -0.557. The molecule has 0 radical (unpaired) electrons. The fraction of sp³-hybridized carbons (Fsp3) is 0.900. The number of allylic oxidation sites excluding steroid dienone is 2. The SMILES string of the molecule is C[C@H]1[C@H](C)CC[C@]2(C(=O)O)CC[C@]3(C)C(=CC[C@@H]4[C@@]5(C)CC[C@H](O)C(C)(C)[C@@H]5CC[C@]43C)[C@H]12.[HH]. The Balaban J connectivity index is 0.00000274. The molecule has 0 amide bonds. The first kappa shape index (κ1) is 23.9. The van der Waals surface area contributed by atoms with Gasteiger partial charge in [-0.05, 0) is 109 Å². The number of fused-ring (bicyclic) bond motifs is 7. The standard InChI is InChI=1S/C30H48O3.H2/c1-18-10-15-30(25(32)33)17-16-28(6)20(24(30)19(18)2)8-9-22-27(5)13-12-23(31)26(3,4)21(27)11-14-29(22,28)7;/h8,18-19,21-24,31H,9-17H2,1-7H3,(H,32,33);1H/t18-,19+,21+,22-,23+,24+,27+,28-,29-,30+;/m1./s1. The van der Waals surface area contributed by atoms with Gasteiger partial charge in [-0.1, -0.05) is 60.1 Å². The molecule has 0 aliphatic heterocycles. The van der Waals surface area contributed by atoms with Crippen molar-refractivity contribution >= 4 is 5.97 Å². The third-order valence-corrected chi connectivity index (χ3v) is 13.4. The lowest BCUT2D eigenvalue weighted by Crippen LogP contribution is -2.65. The first-order chi connectivity index (χ1) is 15.3. The van der Waals surface area contributed by atoms with Crippen molar-refractivity contribution in [1.82, 2.24) is 0 Å². The van der Waals surface area contributed by atoms with Crippen LogP contribution in [0.4, 0.5) is 0 Å². The van der Waals surface area contributed by atoms with E-state index in [2.05, 4.69) is 54.5 Å². The fourth-order valence-corrected chi connectivity index (χ4v) is 10.8. The van der Waals surface area contributed by atoms with E-state index in [0.717, 1.165) is 44.9 Å². The van der Waals surface area contributed by atoms with Crippen molar-refractivity contribution in [2.75, 3.05) is 0 Å². The second-order valence-corrected chi connectivity index (χ2v) is 14.5. The van der Waals surface area contributed by atoms with Crippen molar-refractivity contribution in [3.63, 3.8) is 0 Å². The summed E-state index contributed by atoms with van der Waals surface area (Å²) >= 11 is 0. The van der Waals surface area contributed by atoms with Crippen LogP contribution in [0.1, 0.15) is 108 Å². The van der Waals surface area contributed by atoms with Crippen LogP contribution in [0.5, 0.6) is 0 Å². The lowest BCUT2D eigenvalue weighted by Gasteiger charge is -2.71. The first-order valence-electron chi connectivity index (χ1n) is 13.9. The highest BCUT2D eigenvalue weighted by Crippen LogP contribution is 2.75. The van der Waals surface area contributed by atoms with Crippen LogP contribution in [0.25, 0.3) is 0 Å². The Morgan fingerprint density at radius 3 is 2.30 bits per heavy atom. The number of hydrogen-bond donors (Lipinski definition) is 2. The zero-order chi connectivity index (χ0) is 24.2. The third-order valence-electron chi connectivity index (χ3n) is 13.4. The van der Waals surface area contributed by atoms with Crippen molar-refractivity contribution in [3.05, 3.63) is 11.6 Å². The second kappa shape index (κ2) is 7.11. The van der Waals surface area contributed by atoms with Gasteiger partial charge < -0.3 is 10.2 Å². The van der Waals surface area contributed by atoms with E-state index in [1.54, 1.807) is 0 Å². The van der Waals surface area contributed by atoms with Crippen LogP contribution < -0.4 is 0 Å². The number of carboxylic acids is 1. The van der Waals surface area contributed by atoms with Gasteiger partial charge in [0.15, 0.2) is 0 Å². The maximum absolute atomic E-state index is 12.8. The Kier molecular flexibility index (Phi) is 5.15. The normalized spacial score (nSPS) is 55.3. The summed E-state index contributed by atoms with van der Waals surface area (Å²) in [6.45, 7) is 17.0. The van der Waals surface area contributed by atoms with E-state index in [-0.39, 0.29) is 35.1 Å². The summed E-state index contributed by atoms with van der Waals surface area (Å²) in [5, 5.41) is 21.4. The summed E-state index contributed by atoms with van der Waals surface area (Å²) in [5.74, 6) is 1.82. The largest absolute Gasteiger partial charge is 0.481 e. The summed E-state index contributed by atoms with van der Waals surface area (Å²) in [7, 11) is 0. The first-order valence-corrected chi connectivity index (χ1v) is 13.9. The summed E-state index contributed by atoms with van der Waals surface area (Å²) in [6, 6.07) is 0. The lowest BCUT2D eigenvalue weighted by molar-refractivity contribution is -0.206. The molecule has 5 aliphatic carbocycles. The molecule has 188 valence electrons. The van der Waals surface area contributed by atoms with E-state index < -0.39 is 11.4 Å². The third kappa shape index (κ3) is 2.75. The molecule has 0 unspecified atom stereocenters. The predicted octanol–water partition coefficient (Wildman–Crippen LogP) is 7.34. The monoisotopic (exact) mass is 458 g/mol. The molecule has 0 aromatic carbocycles. The van der Waals surface area contributed by atoms with Crippen LogP contribution in [0.15, 0.2) is 11.6 Å². The molecule has 0 heterocycles. The number of aliphatic carboxylic acids is 1. The van der Waals surface area contributed by atoms with Crippen molar-refractivity contribution < 1.29 is 16.4 Å². The van der Waals surface area contributed by atoms with E-state index in [9.17, 15) is 15.0 Å². The minimum Gasteiger partial charge on any atom is -0.481 e. The van der Waals surface area contributed by atoms with Gasteiger partial charge in [-0.25, -0.2) is 0 Å². The Hall–Kier alpha value is -0.830. The molecule has 5 rings (SSSR count). The molecule has 5 aliphatic rings. The van der Waals surface area contributed by atoms with Crippen LogP contribution in [-0.4, -0.2) is 22.3 Å². The molecule has 0 aromatic rings. The number of carboxylic acid groups (broad SMARTS) is 1. The number of carbonyl (C=O) groups is 1. The summed E-state index contributed by atoms with van der Waals surface area (Å²) in [4.78, 5) is 12.8. The summed E-state index contributed by atoms with van der Waals surface area (Å²) < 4.78 is 0. The van der Waals surface area contributed by atoms with Crippen molar-refractivity contribution in [2.24, 2.45) is 56.7 Å². The van der Waals surface area contributed by atoms with E-state index in [1.165, 1.54) is 18.4 Å². The van der Waals surface area contributed by atoms with Crippen LogP contribution in [0.3, 0.4) is 0 Å². The Morgan fingerprint density at radius 1 is 0.939 bits per heavy atom. The molecule has 0 spiro atoms. The van der Waals surface area contributed by atoms with E-state index in [4.69, 9.17) is 0 Å². The molecular formula is C30H50O3. The fourth-order valence-electron chi connectivity index (χ4n) is 10.8. The molecule has 0 bridgehead atoms. The molecule has 3 heteroatoms. The molecule has 10 atom stereocenters. The van der Waals surface area contributed by atoms with Gasteiger partial charge in [0.1, 0.15) is 0 Å². The van der Waals surface area contributed by atoms with Crippen LogP contribution in [0.2, 0.25) is 0 Å². The highest BCUT2D eigenvalue weighted by molar-refractivity contribution is 5.76. The van der Waals surface area contributed by atoms with Gasteiger partial charge in [-0.3, -0.25) is 4.79 Å². The Labute approximate surface area is 203 Å². The number of hydrogen-bond acceptors (Lipinski definition) is 2. The average molecular weight is 459 g/mol. The summed E-state index contributed by atoms with van der Waals surface area (Å²) in [6.07, 6.45) is 11.6. The highest BCUT2D eigenvalue weighted by atomic mass is 16.4. The van der Waals surface area contributed by atoms with Gasteiger partial charge in [0.25, 0.3) is 0 Å². The maximum atomic E-state index is 12.8. The zero-order valence-electron chi connectivity index (χ0n) is 22.2. The van der Waals surface area contributed by atoms with Crippen molar-refractivity contribution in [2.45, 2.75) is 112 Å². The quantitative estimate of drug-likeness (QED) is 0.404. The molecule has 4 saturated carbocycles. The highest BCUT2D eigenvalue weighted by Gasteiger charge is 2.69. The number of aliphatic hydroxyl groups is 1. The van der Waals surface area contributed by atoms with Crippen molar-refractivity contribution in [3.8, 4) is 0 Å². The molecule has 3 nitrogen and oxygen atoms in total. The van der Waals surface area contributed by atoms with Gasteiger partial charge in [-0.2, -0.15) is 0 Å². The topological polar surface area (TPSA) is 57.5 Å². The molecule has 33 heavy (non-hydrogen) atoms. The van der Waals surface area contributed by atoms with Crippen molar-refractivity contribution in [1.29, 1.82) is 0 Å². The van der Waals surface area contributed by atoms with E-state index in [1.807, 2.05) is 0 Å². The van der Waals surface area contributed by atoms with E-state index >= 15 is 0 Å². The average Bonchev–Trinajstić information content (AvgIpc) is 2.74. The number of aliphatic hydroxyl groups excluding tert-OH is 1. The molecular weight excluding hydrogens is 408 g/mol. The van der Waals surface area contributed by atoms with Gasteiger partial charge in [0, 0.05) is 1.43 Å². The van der Waals surface area contributed by atoms with Gasteiger partial charge in [0.05, 0.1) is 11.5 Å². The molecule has 2 N–H and O–H groups in total. The molecule has 0 saturated heterocycles. The Morgan fingerprint density at radius 2 is 1.64 bits per heavy atom. The zero-order valence-corrected chi connectivity index (χ0v) is 22.2.